The van der Waals surface area contributed by atoms with Crippen molar-refractivity contribution in [2.24, 2.45) is 0 Å². The number of hydrogen-bond donors (Lipinski definition) is 2. The van der Waals surface area contributed by atoms with Gasteiger partial charge in [0.2, 0.25) is 5.91 Å². The summed E-state index contributed by atoms with van der Waals surface area (Å²) in [4.78, 5) is 11.4. The summed E-state index contributed by atoms with van der Waals surface area (Å²) < 4.78 is 11.7. The van der Waals surface area contributed by atoms with Crippen molar-refractivity contribution >= 4 is 34.0 Å². The van der Waals surface area contributed by atoms with Crippen LogP contribution in [0.2, 0.25) is 5.02 Å². The highest BCUT2D eigenvalue weighted by atomic mass is 35.5. The molecule has 0 fully saturated rings. The molecule has 1 unspecified atom stereocenters. The number of carbonyl (C=O) groups is 1. The van der Waals surface area contributed by atoms with Crippen molar-refractivity contribution in [3.05, 3.63) is 23.2 Å². The zero-order valence-electron chi connectivity index (χ0n) is 8.12. The lowest BCUT2D eigenvalue weighted by molar-refractivity contribution is -0.118. The second-order valence-electron chi connectivity index (χ2n) is 2.85. The Hall–Kier alpha value is -1.07. The number of halogens is 1. The average Bonchev–Trinajstić information content (AvgIpc) is 2.21. The molecule has 0 saturated carbocycles. The summed E-state index contributed by atoms with van der Waals surface area (Å²) in [5, 5.41) is 2.75. The van der Waals surface area contributed by atoms with Gasteiger partial charge in [-0.05, 0) is 18.2 Å². The van der Waals surface area contributed by atoms with Crippen LogP contribution in [0.15, 0.2) is 23.1 Å². The smallest absolute Gasteiger partial charge is 0.232 e. The number of rotatable bonds is 3. The highest BCUT2D eigenvalue weighted by Gasteiger charge is 2.12. The summed E-state index contributed by atoms with van der Waals surface area (Å²) in [5.74, 6) is -0.411. The minimum Gasteiger partial charge on any atom is -0.399 e. The van der Waals surface area contributed by atoms with Gasteiger partial charge in [0.1, 0.15) is 5.75 Å². The third-order valence-corrected chi connectivity index (χ3v) is 3.54. The quantitative estimate of drug-likeness (QED) is 0.774. The highest BCUT2D eigenvalue weighted by molar-refractivity contribution is 7.85. The second-order valence-corrected chi connectivity index (χ2v) is 4.68. The maximum Gasteiger partial charge on any atom is 0.232 e. The van der Waals surface area contributed by atoms with Crippen LogP contribution in [0.25, 0.3) is 0 Å². The van der Waals surface area contributed by atoms with E-state index < -0.39 is 10.8 Å². The highest BCUT2D eigenvalue weighted by Crippen LogP contribution is 2.22. The molecule has 0 aliphatic carbocycles. The van der Waals surface area contributed by atoms with E-state index in [0.717, 1.165) is 0 Å². The van der Waals surface area contributed by atoms with Gasteiger partial charge in [0.15, 0.2) is 0 Å². The van der Waals surface area contributed by atoms with Crippen molar-refractivity contribution in [3.63, 3.8) is 0 Å². The van der Waals surface area contributed by atoms with Crippen molar-refractivity contribution in [1.82, 2.24) is 5.32 Å². The largest absolute Gasteiger partial charge is 0.399 e. The summed E-state index contributed by atoms with van der Waals surface area (Å²) in [6.07, 6.45) is 0. The van der Waals surface area contributed by atoms with Crippen LogP contribution in [0, 0.1) is 0 Å². The van der Waals surface area contributed by atoms with E-state index in [0.29, 0.717) is 15.6 Å². The SMILES string of the molecule is CNC(=O)CS(=O)c1cc(N)ccc1Cl. The first-order chi connectivity index (χ1) is 7.04. The molecule has 0 heterocycles. The molecule has 0 aliphatic heterocycles. The van der Waals surface area contributed by atoms with E-state index in [1.54, 1.807) is 12.1 Å². The molecule has 0 saturated heterocycles. The van der Waals surface area contributed by atoms with E-state index >= 15 is 0 Å². The van der Waals surface area contributed by atoms with Gasteiger partial charge in [0, 0.05) is 12.7 Å². The Kier molecular flexibility index (Phi) is 4.11. The molecule has 0 spiro atoms. The van der Waals surface area contributed by atoms with E-state index in [1.165, 1.54) is 13.1 Å². The van der Waals surface area contributed by atoms with Crippen LogP contribution >= 0.6 is 11.6 Å². The van der Waals surface area contributed by atoms with Crippen LogP contribution in [-0.2, 0) is 15.6 Å². The monoisotopic (exact) mass is 246 g/mol. The van der Waals surface area contributed by atoms with Crippen LogP contribution < -0.4 is 11.1 Å². The first kappa shape index (κ1) is 12.0. The van der Waals surface area contributed by atoms with Crippen molar-refractivity contribution < 1.29 is 9.00 Å². The van der Waals surface area contributed by atoms with E-state index in [2.05, 4.69) is 5.32 Å². The molecule has 82 valence electrons. The Labute approximate surface area is 95.3 Å². The van der Waals surface area contributed by atoms with Crippen LogP contribution in [0.5, 0.6) is 0 Å². The number of hydrogen-bond acceptors (Lipinski definition) is 3. The predicted molar refractivity (Wildman–Crippen MR) is 61.2 cm³/mol. The summed E-state index contributed by atoms with van der Waals surface area (Å²) >= 11 is 5.84. The molecule has 6 heteroatoms. The molecule has 4 nitrogen and oxygen atoms in total. The van der Waals surface area contributed by atoms with Crippen molar-refractivity contribution in [2.75, 3.05) is 18.5 Å². The lowest BCUT2D eigenvalue weighted by atomic mass is 10.3. The van der Waals surface area contributed by atoms with E-state index in [9.17, 15) is 9.00 Å². The molecule has 15 heavy (non-hydrogen) atoms. The van der Waals surface area contributed by atoms with Gasteiger partial charge >= 0.3 is 0 Å². The molecule has 0 bridgehead atoms. The summed E-state index contributed by atoms with van der Waals surface area (Å²) in [6, 6.07) is 4.69. The molecule has 0 aliphatic rings. The van der Waals surface area contributed by atoms with Crippen molar-refractivity contribution in [1.29, 1.82) is 0 Å². The molecule has 1 aromatic carbocycles. The van der Waals surface area contributed by atoms with E-state index in [-0.39, 0.29) is 11.7 Å². The van der Waals surface area contributed by atoms with Gasteiger partial charge in [-0.1, -0.05) is 11.6 Å². The van der Waals surface area contributed by atoms with Crippen LogP contribution in [0.4, 0.5) is 5.69 Å². The molecule has 0 aromatic heterocycles. The Balaban J connectivity index is 2.91. The third kappa shape index (κ3) is 3.21. The summed E-state index contributed by atoms with van der Waals surface area (Å²) in [7, 11) is 0.0274. The normalized spacial score (nSPS) is 12.1. The number of nitrogens with two attached hydrogens (primary N) is 1. The van der Waals surface area contributed by atoms with Crippen LogP contribution in [-0.4, -0.2) is 22.9 Å². The maximum atomic E-state index is 11.7. The summed E-state index contributed by atoms with van der Waals surface area (Å²) in [5.41, 5.74) is 6.01. The standard InChI is InChI=1S/C9H11ClN2O2S/c1-12-9(13)5-15(14)8-4-6(11)2-3-7(8)10/h2-4H,5,11H2,1H3,(H,12,13). The first-order valence-electron chi connectivity index (χ1n) is 4.18. The fourth-order valence-electron chi connectivity index (χ4n) is 0.963. The van der Waals surface area contributed by atoms with Gasteiger partial charge in [-0.25, -0.2) is 0 Å². The minimum absolute atomic E-state index is 0.111. The third-order valence-electron chi connectivity index (χ3n) is 1.74. The average molecular weight is 247 g/mol. The Morgan fingerprint density at radius 1 is 1.60 bits per heavy atom. The molecular weight excluding hydrogens is 236 g/mol. The van der Waals surface area contributed by atoms with Gasteiger partial charge < -0.3 is 11.1 Å². The fourth-order valence-corrected chi connectivity index (χ4v) is 2.43. The fraction of sp³-hybridized carbons (Fsp3) is 0.222. The molecular formula is C9H11ClN2O2S. The van der Waals surface area contributed by atoms with E-state index in [4.69, 9.17) is 17.3 Å². The van der Waals surface area contributed by atoms with Gasteiger partial charge in [-0.15, -0.1) is 0 Å². The Morgan fingerprint density at radius 3 is 2.87 bits per heavy atom. The number of carbonyl (C=O) groups excluding carboxylic acids is 1. The zero-order valence-corrected chi connectivity index (χ0v) is 9.69. The topological polar surface area (TPSA) is 72.2 Å². The number of anilines is 1. The van der Waals surface area contributed by atoms with E-state index in [1.807, 2.05) is 0 Å². The molecule has 0 radical (unpaired) electrons. The van der Waals surface area contributed by atoms with Gasteiger partial charge in [-0.2, -0.15) is 0 Å². The Morgan fingerprint density at radius 2 is 2.27 bits per heavy atom. The van der Waals surface area contributed by atoms with Gasteiger partial charge in [0.05, 0.1) is 20.7 Å². The number of nitrogens with one attached hydrogen (secondary N) is 1. The molecule has 3 N–H and O–H groups in total. The van der Waals surface area contributed by atoms with Crippen molar-refractivity contribution in [2.45, 2.75) is 4.90 Å². The molecule has 1 aromatic rings. The minimum atomic E-state index is -1.46. The van der Waals surface area contributed by atoms with Crippen LogP contribution in [0.3, 0.4) is 0 Å². The number of benzene rings is 1. The lowest BCUT2D eigenvalue weighted by Crippen LogP contribution is -2.24. The predicted octanol–water partition coefficient (Wildman–Crippen LogP) is 0.776. The summed E-state index contributed by atoms with van der Waals surface area (Å²) in [6.45, 7) is 0. The number of nitrogen functional groups attached to an aromatic ring is 1. The van der Waals surface area contributed by atoms with Crippen LogP contribution in [0.1, 0.15) is 0 Å². The second kappa shape index (κ2) is 5.14. The van der Waals surface area contributed by atoms with Gasteiger partial charge in [0.25, 0.3) is 0 Å². The molecule has 1 atom stereocenters. The molecule has 1 rings (SSSR count). The zero-order chi connectivity index (χ0) is 11.4. The molecule has 1 amide bonds. The Bertz CT molecular complexity index is 409. The number of amides is 1. The lowest BCUT2D eigenvalue weighted by Gasteiger charge is -2.04. The van der Waals surface area contributed by atoms with Crippen molar-refractivity contribution in [3.8, 4) is 0 Å². The maximum absolute atomic E-state index is 11.7. The first-order valence-corrected chi connectivity index (χ1v) is 5.88. The van der Waals surface area contributed by atoms with Gasteiger partial charge in [-0.3, -0.25) is 9.00 Å².